The van der Waals surface area contributed by atoms with Gasteiger partial charge in [0.1, 0.15) is 0 Å². The van der Waals surface area contributed by atoms with Crippen molar-refractivity contribution in [2.24, 2.45) is 0 Å². The molecule has 0 radical (unpaired) electrons. The molecular weight excluding hydrogens is 332 g/mol. The van der Waals surface area contributed by atoms with Crippen molar-refractivity contribution in [2.75, 3.05) is 0 Å². The van der Waals surface area contributed by atoms with Crippen molar-refractivity contribution < 1.29 is 61.4 Å². The van der Waals surface area contributed by atoms with Gasteiger partial charge in [-0.3, -0.25) is 0 Å². The van der Waals surface area contributed by atoms with E-state index in [0.29, 0.717) is 4.50 Å². The quantitative estimate of drug-likeness (QED) is 0.442. The molecule has 1 aromatic rings. The van der Waals surface area contributed by atoms with Crippen LogP contribution >= 0.6 is 12.4 Å². The maximum atomic E-state index is 2.29. The monoisotopic (exact) mass is 338 g/mol. The van der Waals surface area contributed by atoms with Crippen LogP contribution in [0.1, 0.15) is 16.2 Å². The van der Waals surface area contributed by atoms with Gasteiger partial charge in [0.2, 0.25) is 0 Å². The molecule has 1 unspecified atom stereocenters. The predicted octanol–water partition coefficient (Wildman–Crippen LogP) is -5.50. The molecule has 0 saturated heterocycles. The number of hydrogen-bond acceptors (Lipinski definition) is 0. The first-order valence-electron chi connectivity index (χ1n) is 2.87. The largest absolute Gasteiger partial charge is 1.00 e. The first kappa shape index (κ1) is 19.5. The van der Waals surface area contributed by atoms with Gasteiger partial charge in [0.25, 0.3) is 0 Å². The van der Waals surface area contributed by atoms with Crippen molar-refractivity contribution in [3.05, 3.63) is 16.2 Å². The van der Waals surface area contributed by atoms with Gasteiger partial charge < -0.3 is 37.2 Å². The van der Waals surface area contributed by atoms with Gasteiger partial charge in [-0.1, -0.05) is 0 Å². The molecule has 0 bridgehead atoms. The third-order valence-corrected chi connectivity index (χ3v) is 10.5. The minimum absolute atomic E-state index is 0. The van der Waals surface area contributed by atoms with Crippen LogP contribution < -0.4 is 37.2 Å². The SMILES string of the molecule is Cc1p[p]([Zr+3])c(C)c1C.[Cl-].[Cl-].[Cl-]. The second-order valence-corrected chi connectivity index (χ2v) is 12.2. The average molecular weight is 341 g/mol. The Balaban J connectivity index is -0.000000270. The van der Waals surface area contributed by atoms with Crippen LogP contribution in [-0.4, -0.2) is 0 Å². The second kappa shape index (κ2) is 8.29. The summed E-state index contributed by atoms with van der Waals surface area (Å²) in [7, 11) is 1.62. The van der Waals surface area contributed by atoms with Crippen molar-refractivity contribution in [3.8, 4) is 0 Å². The zero-order chi connectivity index (χ0) is 7.02. The summed E-state index contributed by atoms with van der Waals surface area (Å²) >= 11 is 1.73. The smallest absolute Gasteiger partial charge is 1.00 e. The Morgan fingerprint density at radius 2 is 1.50 bits per heavy atom. The minimum Gasteiger partial charge on any atom is -1.00 e. The molecule has 0 aliphatic carbocycles. The van der Waals surface area contributed by atoms with Crippen LogP contribution in [0.2, 0.25) is 0 Å². The number of aryl methyl sites for hydroxylation is 1. The van der Waals surface area contributed by atoms with Gasteiger partial charge in [-0.25, -0.2) is 0 Å². The van der Waals surface area contributed by atoms with Crippen LogP contribution in [0, 0.1) is 20.8 Å². The molecule has 0 amide bonds. The summed E-state index contributed by atoms with van der Waals surface area (Å²) in [6.07, 6.45) is 0. The average Bonchev–Trinajstić information content (AvgIpc) is 1.98. The zero-order valence-corrected chi connectivity index (χ0v) is 13.5. The molecule has 0 aromatic carbocycles. The van der Waals surface area contributed by atoms with E-state index < -0.39 is 0 Å². The fraction of sp³-hybridized carbons (Fsp3) is 0.500. The summed E-state index contributed by atoms with van der Waals surface area (Å²) in [6.45, 7) is 6.80. The Kier molecular flexibility index (Phi) is 13.5. The first-order valence-corrected chi connectivity index (χ1v) is 9.11. The summed E-state index contributed by atoms with van der Waals surface area (Å²) < 4.78 is 0.300. The van der Waals surface area contributed by atoms with Gasteiger partial charge in [-0.15, -0.1) is 0 Å². The minimum atomic E-state index is 0. The molecule has 6 heteroatoms. The van der Waals surface area contributed by atoms with Crippen LogP contribution in [0.3, 0.4) is 0 Å². The normalized spacial score (nSPS) is 9.92. The van der Waals surface area contributed by atoms with Crippen molar-refractivity contribution in [1.82, 2.24) is 0 Å². The van der Waals surface area contributed by atoms with Crippen molar-refractivity contribution in [1.29, 1.82) is 0 Å². The Bertz CT molecular complexity index is 214. The standard InChI is InChI=1S/C6H9P2.3ClH.Zr/c1-4-5(2)7-8-6(4)3;;;;/h1-3H3;3*1H;/q-1;;;;+4/p-3. The summed E-state index contributed by atoms with van der Waals surface area (Å²) in [5.41, 5.74) is 1.58. The zero-order valence-electron chi connectivity index (χ0n) is 7.03. The Labute approximate surface area is 110 Å². The first-order chi connectivity index (χ1) is 4.13. The molecule has 68 valence electrons. The molecule has 0 spiro atoms. The molecule has 1 aromatic heterocycles. The molecular formula is C6H9Cl3P2Zr. The predicted molar refractivity (Wildman–Crippen MR) is 41.3 cm³/mol. The molecule has 0 aliphatic rings. The van der Waals surface area contributed by atoms with Gasteiger partial charge >= 0.3 is 73.4 Å². The summed E-state index contributed by atoms with van der Waals surface area (Å²) in [6, 6.07) is 0. The summed E-state index contributed by atoms with van der Waals surface area (Å²) in [5.74, 6) is 0. The molecule has 0 saturated carbocycles. The topological polar surface area (TPSA) is 0 Å². The van der Waals surface area contributed by atoms with E-state index in [2.05, 4.69) is 20.8 Å². The molecule has 0 N–H and O–H groups in total. The third kappa shape index (κ3) is 4.46. The fourth-order valence-corrected chi connectivity index (χ4v) is 8.87. The maximum absolute atomic E-state index is 2.29. The molecule has 0 nitrogen and oxygen atoms in total. The van der Waals surface area contributed by atoms with Crippen LogP contribution in [-0.2, 0) is 24.1 Å². The van der Waals surface area contributed by atoms with Crippen LogP contribution in [0.4, 0.5) is 0 Å². The van der Waals surface area contributed by atoms with E-state index in [0.717, 1.165) is 0 Å². The van der Waals surface area contributed by atoms with Crippen molar-refractivity contribution in [2.45, 2.75) is 20.8 Å². The van der Waals surface area contributed by atoms with E-state index in [-0.39, 0.29) is 37.2 Å². The van der Waals surface area contributed by atoms with Gasteiger partial charge in [-0.2, -0.15) is 0 Å². The second-order valence-electron chi connectivity index (χ2n) is 2.21. The van der Waals surface area contributed by atoms with E-state index >= 15 is 0 Å². The molecule has 1 atom stereocenters. The summed E-state index contributed by atoms with van der Waals surface area (Å²) in [5, 5.41) is 3.29. The van der Waals surface area contributed by atoms with E-state index in [1.807, 2.05) is 0 Å². The van der Waals surface area contributed by atoms with Crippen molar-refractivity contribution >= 4 is 12.4 Å². The van der Waals surface area contributed by atoms with Crippen LogP contribution in [0.5, 0.6) is 0 Å². The van der Waals surface area contributed by atoms with E-state index in [1.54, 1.807) is 48.2 Å². The fourth-order valence-electron chi connectivity index (χ4n) is 0.721. The maximum Gasteiger partial charge on any atom is -1.00 e. The molecule has 1 heterocycles. The van der Waals surface area contributed by atoms with Crippen molar-refractivity contribution in [3.63, 3.8) is 0 Å². The number of halogens is 3. The van der Waals surface area contributed by atoms with Gasteiger partial charge in [-0.05, 0) is 0 Å². The van der Waals surface area contributed by atoms with E-state index in [4.69, 9.17) is 0 Å². The molecule has 1 rings (SSSR count). The van der Waals surface area contributed by atoms with E-state index in [9.17, 15) is 0 Å². The molecule has 0 aliphatic heterocycles. The Hall–Kier alpha value is 1.96. The van der Waals surface area contributed by atoms with Crippen LogP contribution in [0.25, 0.3) is 0 Å². The van der Waals surface area contributed by atoms with Gasteiger partial charge in [0, 0.05) is 0 Å². The molecule has 0 fully saturated rings. The van der Waals surface area contributed by atoms with Gasteiger partial charge in [0.15, 0.2) is 0 Å². The molecule has 12 heavy (non-hydrogen) atoms. The Morgan fingerprint density at radius 3 is 1.58 bits per heavy atom. The Morgan fingerprint density at radius 1 is 1.08 bits per heavy atom. The summed E-state index contributed by atoms with van der Waals surface area (Å²) in [4.78, 5) is 0. The van der Waals surface area contributed by atoms with Crippen LogP contribution in [0.15, 0.2) is 0 Å². The number of hydrogen-bond donors (Lipinski definition) is 0. The number of rotatable bonds is 0. The van der Waals surface area contributed by atoms with E-state index in [1.165, 1.54) is 0 Å². The van der Waals surface area contributed by atoms with Gasteiger partial charge in [0.05, 0.1) is 0 Å². The third-order valence-electron chi connectivity index (χ3n) is 1.65.